The van der Waals surface area contributed by atoms with E-state index in [9.17, 15) is 13.2 Å². The molecule has 0 spiro atoms. The van der Waals surface area contributed by atoms with Crippen LogP contribution in [0.25, 0.3) is 0 Å². The average molecular weight is 354 g/mol. The molecule has 24 heavy (non-hydrogen) atoms. The van der Waals surface area contributed by atoms with Crippen LogP contribution in [0, 0.1) is 0 Å². The van der Waals surface area contributed by atoms with Gasteiger partial charge in [0.1, 0.15) is 0 Å². The van der Waals surface area contributed by atoms with E-state index in [0.717, 1.165) is 31.5 Å². The zero-order valence-electron chi connectivity index (χ0n) is 14.4. The molecule has 2 aliphatic rings. The van der Waals surface area contributed by atoms with Crippen LogP contribution in [0.1, 0.15) is 61.5 Å². The molecule has 3 rings (SSSR count). The molecule has 0 radical (unpaired) electrons. The summed E-state index contributed by atoms with van der Waals surface area (Å²) < 4.78 is 28.8. The molecule has 1 saturated carbocycles. The van der Waals surface area contributed by atoms with Crippen LogP contribution < -0.4 is 4.72 Å². The van der Waals surface area contributed by atoms with E-state index in [-0.39, 0.29) is 12.5 Å². The van der Waals surface area contributed by atoms with Crippen molar-refractivity contribution in [2.75, 3.05) is 19.6 Å². The van der Waals surface area contributed by atoms with Gasteiger partial charge in [0, 0.05) is 32.1 Å². The van der Waals surface area contributed by atoms with E-state index in [1.807, 2.05) is 4.68 Å². The Kier molecular flexibility index (Phi) is 4.96. The van der Waals surface area contributed by atoms with E-state index < -0.39 is 15.3 Å². The number of nitrogens with zero attached hydrogens (tertiary/aromatic N) is 3. The van der Waals surface area contributed by atoms with Crippen molar-refractivity contribution in [2.24, 2.45) is 0 Å². The Hall–Kier alpha value is -1.41. The first-order valence-corrected chi connectivity index (χ1v) is 10.4. The van der Waals surface area contributed by atoms with Crippen molar-refractivity contribution < 1.29 is 13.2 Å². The summed E-state index contributed by atoms with van der Waals surface area (Å²) in [6, 6.07) is 0. The third-order valence-corrected chi connectivity index (χ3v) is 6.68. The zero-order chi connectivity index (χ0) is 17.3. The summed E-state index contributed by atoms with van der Waals surface area (Å²) in [5, 5.41) is 3.88. The first kappa shape index (κ1) is 17.4. The molecule has 0 aromatic carbocycles. The molecule has 8 heteroatoms. The number of likely N-dealkylation sites (tertiary alicyclic amines) is 1. The van der Waals surface area contributed by atoms with Gasteiger partial charge < -0.3 is 4.90 Å². The molecule has 7 nitrogen and oxygen atoms in total. The maximum absolute atomic E-state index is 12.9. The number of carbonyl (C=O) groups excluding carboxylic acids is 1. The predicted molar refractivity (Wildman–Crippen MR) is 91.4 cm³/mol. The van der Waals surface area contributed by atoms with Crippen molar-refractivity contribution in [1.82, 2.24) is 19.4 Å². The lowest BCUT2D eigenvalue weighted by atomic mass is 10.1. The van der Waals surface area contributed by atoms with Gasteiger partial charge in [-0.05, 0) is 25.7 Å². The van der Waals surface area contributed by atoms with Crippen molar-refractivity contribution in [3.63, 3.8) is 0 Å². The molecular weight excluding hydrogens is 328 g/mol. The summed E-state index contributed by atoms with van der Waals surface area (Å²) in [5.74, 6) is 0.357. The molecule has 2 fully saturated rings. The summed E-state index contributed by atoms with van der Waals surface area (Å²) >= 11 is 0. The normalized spacial score (nSPS) is 21.4. The SMILES string of the molecule is CCCn1ncc(C(=O)N2CCC(S(=O)(=O)NCC)C2)c1C1CC1. The van der Waals surface area contributed by atoms with Crippen molar-refractivity contribution in [1.29, 1.82) is 0 Å². The smallest absolute Gasteiger partial charge is 0.257 e. The minimum Gasteiger partial charge on any atom is -0.337 e. The summed E-state index contributed by atoms with van der Waals surface area (Å²) in [5.41, 5.74) is 1.70. The van der Waals surface area contributed by atoms with Gasteiger partial charge in [0.15, 0.2) is 0 Å². The monoisotopic (exact) mass is 354 g/mol. The summed E-state index contributed by atoms with van der Waals surface area (Å²) in [7, 11) is -3.34. The Morgan fingerprint density at radius 2 is 2.08 bits per heavy atom. The second kappa shape index (κ2) is 6.84. The maximum Gasteiger partial charge on any atom is 0.257 e. The minimum atomic E-state index is -3.34. The van der Waals surface area contributed by atoms with Crippen LogP contribution in [-0.4, -0.2) is 53.9 Å². The molecule has 2 heterocycles. The van der Waals surface area contributed by atoms with Gasteiger partial charge in [0.25, 0.3) is 5.91 Å². The van der Waals surface area contributed by atoms with Gasteiger partial charge in [0.05, 0.1) is 22.7 Å². The summed E-state index contributed by atoms with van der Waals surface area (Å²) in [6.45, 7) is 5.79. The molecule has 0 bridgehead atoms. The topological polar surface area (TPSA) is 84.3 Å². The second-order valence-electron chi connectivity index (χ2n) is 6.65. The Morgan fingerprint density at radius 3 is 2.71 bits per heavy atom. The molecular formula is C16H26N4O3S. The molecule has 1 amide bonds. The molecule has 1 aromatic heterocycles. The highest BCUT2D eigenvalue weighted by atomic mass is 32.2. The quantitative estimate of drug-likeness (QED) is 0.800. The number of amides is 1. The number of rotatable bonds is 7. The molecule has 134 valence electrons. The fourth-order valence-electron chi connectivity index (χ4n) is 3.39. The first-order chi connectivity index (χ1) is 11.5. The van der Waals surface area contributed by atoms with E-state index in [0.29, 0.717) is 31.0 Å². The van der Waals surface area contributed by atoms with Gasteiger partial charge in [-0.25, -0.2) is 13.1 Å². The van der Waals surface area contributed by atoms with Crippen molar-refractivity contribution in [2.45, 2.75) is 57.2 Å². The number of aromatic nitrogens is 2. The Balaban J connectivity index is 1.76. The van der Waals surface area contributed by atoms with Gasteiger partial charge >= 0.3 is 0 Å². The van der Waals surface area contributed by atoms with Crippen LogP contribution in [0.15, 0.2) is 6.20 Å². The van der Waals surface area contributed by atoms with Crippen LogP contribution in [-0.2, 0) is 16.6 Å². The van der Waals surface area contributed by atoms with Gasteiger partial charge in [-0.2, -0.15) is 5.10 Å². The second-order valence-corrected chi connectivity index (χ2v) is 8.69. The van der Waals surface area contributed by atoms with Crippen LogP contribution in [0.2, 0.25) is 0 Å². The Morgan fingerprint density at radius 1 is 1.33 bits per heavy atom. The van der Waals surface area contributed by atoms with Crippen LogP contribution in [0.3, 0.4) is 0 Å². The van der Waals surface area contributed by atoms with Crippen molar-refractivity contribution >= 4 is 15.9 Å². The summed E-state index contributed by atoms with van der Waals surface area (Å²) in [6.07, 6.45) is 5.34. The highest BCUT2D eigenvalue weighted by Crippen LogP contribution is 2.42. The number of hydrogen-bond acceptors (Lipinski definition) is 4. The van der Waals surface area contributed by atoms with Crippen molar-refractivity contribution in [3.8, 4) is 0 Å². The van der Waals surface area contributed by atoms with E-state index in [1.54, 1.807) is 18.0 Å². The Labute approximate surface area is 143 Å². The first-order valence-electron chi connectivity index (χ1n) is 8.81. The number of hydrogen-bond donors (Lipinski definition) is 1. The van der Waals surface area contributed by atoms with Crippen LogP contribution in [0.5, 0.6) is 0 Å². The van der Waals surface area contributed by atoms with Gasteiger partial charge in [-0.15, -0.1) is 0 Å². The molecule has 1 unspecified atom stereocenters. The highest BCUT2D eigenvalue weighted by Gasteiger charge is 2.38. The highest BCUT2D eigenvalue weighted by molar-refractivity contribution is 7.90. The van der Waals surface area contributed by atoms with Crippen LogP contribution in [0.4, 0.5) is 0 Å². The Bertz CT molecular complexity index is 709. The average Bonchev–Trinajstić information content (AvgIpc) is 3.10. The number of carbonyl (C=O) groups is 1. The molecule has 1 saturated heterocycles. The number of sulfonamides is 1. The fourth-order valence-corrected chi connectivity index (χ4v) is 4.82. The number of aryl methyl sites for hydroxylation is 1. The van der Waals surface area contributed by atoms with Gasteiger partial charge in [0.2, 0.25) is 10.0 Å². The van der Waals surface area contributed by atoms with Gasteiger partial charge in [-0.1, -0.05) is 13.8 Å². The van der Waals surface area contributed by atoms with Crippen molar-refractivity contribution in [3.05, 3.63) is 17.5 Å². The van der Waals surface area contributed by atoms with Gasteiger partial charge in [-0.3, -0.25) is 9.48 Å². The predicted octanol–water partition coefficient (Wildman–Crippen LogP) is 1.32. The molecule has 1 aliphatic heterocycles. The lowest BCUT2D eigenvalue weighted by Gasteiger charge is -2.17. The molecule has 1 aliphatic carbocycles. The molecule has 1 atom stereocenters. The fraction of sp³-hybridized carbons (Fsp3) is 0.750. The standard InChI is InChI=1S/C16H26N4O3S/c1-3-8-20-15(12-5-6-12)14(10-17-20)16(21)19-9-7-13(11-19)24(22,23)18-4-2/h10,12-13,18H,3-9,11H2,1-2H3. The van der Waals surface area contributed by atoms with E-state index >= 15 is 0 Å². The summed E-state index contributed by atoms with van der Waals surface area (Å²) in [4.78, 5) is 14.6. The third-order valence-electron chi connectivity index (χ3n) is 4.73. The maximum atomic E-state index is 12.9. The zero-order valence-corrected chi connectivity index (χ0v) is 15.2. The number of nitrogens with one attached hydrogen (secondary N) is 1. The van der Waals surface area contributed by atoms with E-state index in [1.165, 1.54) is 0 Å². The largest absolute Gasteiger partial charge is 0.337 e. The third kappa shape index (κ3) is 3.35. The van der Waals surface area contributed by atoms with E-state index in [2.05, 4.69) is 16.7 Å². The molecule has 1 aromatic rings. The minimum absolute atomic E-state index is 0.0755. The van der Waals surface area contributed by atoms with Crippen LogP contribution >= 0.6 is 0 Å². The molecule has 1 N–H and O–H groups in total. The lowest BCUT2D eigenvalue weighted by molar-refractivity contribution is 0.0792. The lowest BCUT2D eigenvalue weighted by Crippen LogP contribution is -2.37. The van der Waals surface area contributed by atoms with E-state index in [4.69, 9.17) is 0 Å².